The number of likely N-dealkylation sites (tertiary alicyclic amines) is 1. The molecule has 0 saturated carbocycles. The van der Waals surface area contributed by atoms with E-state index in [0.717, 1.165) is 0 Å². The lowest BCUT2D eigenvalue weighted by atomic mass is 9.95. The first kappa shape index (κ1) is 21.2. The second-order valence-corrected chi connectivity index (χ2v) is 8.02. The molecule has 0 spiro atoms. The van der Waals surface area contributed by atoms with Crippen LogP contribution in [0.2, 0.25) is 10.0 Å². The van der Waals surface area contributed by atoms with E-state index in [2.05, 4.69) is 4.98 Å². The highest BCUT2D eigenvalue weighted by molar-refractivity contribution is 6.47. The lowest BCUT2D eigenvalue weighted by Gasteiger charge is -2.26. The molecule has 158 valence electrons. The van der Waals surface area contributed by atoms with Gasteiger partial charge in [-0.2, -0.15) is 0 Å². The van der Waals surface area contributed by atoms with Gasteiger partial charge in [-0.05, 0) is 42.3 Å². The smallest absolute Gasteiger partial charge is 0.295 e. The van der Waals surface area contributed by atoms with Crippen molar-refractivity contribution >= 4 is 40.7 Å². The molecule has 1 aliphatic rings. The number of imidazole rings is 1. The van der Waals surface area contributed by atoms with Crippen molar-refractivity contribution in [2.45, 2.75) is 19.0 Å². The number of aliphatic hydroxyl groups is 1. The minimum atomic E-state index is -0.785. The largest absolute Gasteiger partial charge is 0.507 e. The van der Waals surface area contributed by atoms with Crippen molar-refractivity contribution in [3.8, 4) is 0 Å². The summed E-state index contributed by atoms with van der Waals surface area (Å²) in [6.07, 6.45) is 5.81. The fourth-order valence-electron chi connectivity index (χ4n) is 3.74. The molecule has 2 heterocycles. The van der Waals surface area contributed by atoms with Gasteiger partial charge < -0.3 is 14.6 Å². The summed E-state index contributed by atoms with van der Waals surface area (Å²) in [6, 6.07) is 12.7. The third kappa shape index (κ3) is 4.22. The normalized spacial score (nSPS) is 18.0. The zero-order valence-corrected chi connectivity index (χ0v) is 17.9. The number of hydrogen-bond donors (Lipinski definition) is 1. The van der Waals surface area contributed by atoms with Gasteiger partial charge in [0.25, 0.3) is 11.7 Å². The Hall–Kier alpha value is -3.09. The standard InChI is InChI=1S/C23H19Cl2N3O3/c24-16-8-6-15(7-9-16)21(29)19-20(17-4-1-2-5-18(17)25)28(23(31)22(19)30)12-3-11-27-13-10-26-14-27/h1-2,4-10,13-14,20,29H,3,11-12H2/t20-/m0/s1. The number of carbonyl (C=O) groups excluding carboxylic acids is 2. The van der Waals surface area contributed by atoms with Crippen LogP contribution in [0.15, 0.2) is 72.8 Å². The van der Waals surface area contributed by atoms with Crippen LogP contribution in [0.4, 0.5) is 0 Å². The van der Waals surface area contributed by atoms with Gasteiger partial charge in [-0.1, -0.05) is 41.4 Å². The Morgan fingerprint density at radius 3 is 2.45 bits per heavy atom. The molecule has 1 atom stereocenters. The zero-order valence-electron chi connectivity index (χ0n) is 16.4. The minimum Gasteiger partial charge on any atom is -0.507 e. The lowest BCUT2D eigenvalue weighted by molar-refractivity contribution is -0.139. The van der Waals surface area contributed by atoms with Crippen LogP contribution in [-0.2, 0) is 16.1 Å². The van der Waals surface area contributed by atoms with Crippen LogP contribution < -0.4 is 0 Å². The molecule has 0 unspecified atom stereocenters. The summed E-state index contributed by atoms with van der Waals surface area (Å²) >= 11 is 12.4. The maximum Gasteiger partial charge on any atom is 0.295 e. The number of halogens is 2. The Morgan fingerprint density at radius 2 is 1.77 bits per heavy atom. The van der Waals surface area contributed by atoms with Crippen molar-refractivity contribution in [1.29, 1.82) is 0 Å². The summed E-state index contributed by atoms with van der Waals surface area (Å²) in [6.45, 7) is 0.950. The molecule has 31 heavy (non-hydrogen) atoms. The van der Waals surface area contributed by atoms with Crippen LogP contribution in [0, 0.1) is 0 Å². The Morgan fingerprint density at radius 1 is 1.03 bits per heavy atom. The minimum absolute atomic E-state index is 0.0167. The summed E-state index contributed by atoms with van der Waals surface area (Å²) < 4.78 is 1.90. The van der Waals surface area contributed by atoms with Crippen molar-refractivity contribution in [2.24, 2.45) is 0 Å². The molecule has 1 saturated heterocycles. The van der Waals surface area contributed by atoms with E-state index in [9.17, 15) is 14.7 Å². The van der Waals surface area contributed by atoms with Crippen LogP contribution in [0.5, 0.6) is 0 Å². The van der Waals surface area contributed by atoms with Gasteiger partial charge in [0.05, 0.1) is 17.9 Å². The molecule has 1 N–H and O–H groups in total. The second-order valence-electron chi connectivity index (χ2n) is 7.17. The number of nitrogens with zero attached hydrogens (tertiary/aromatic N) is 3. The number of carbonyl (C=O) groups is 2. The number of aromatic nitrogens is 2. The predicted molar refractivity (Wildman–Crippen MR) is 119 cm³/mol. The van der Waals surface area contributed by atoms with Crippen LogP contribution >= 0.6 is 23.2 Å². The van der Waals surface area contributed by atoms with E-state index in [4.69, 9.17) is 23.2 Å². The van der Waals surface area contributed by atoms with Gasteiger partial charge in [0.15, 0.2) is 0 Å². The van der Waals surface area contributed by atoms with E-state index in [0.29, 0.717) is 40.7 Å². The average molecular weight is 456 g/mol. The number of Topliss-reactive ketones (excluding diaryl/α,β-unsaturated/α-hetero) is 1. The molecule has 4 rings (SSSR count). The second kappa shape index (κ2) is 8.96. The fourth-order valence-corrected chi connectivity index (χ4v) is 4.10. The molecule has 6 nitrogen and oxygen atoms in total. The molecule has 0 bridgehead atoms. The topological polar surface area (TPSA) is 75.4 Å². The number of ketones is 1. The summed E-state index contributed by atoms with van der Waals surface area (Å²) in [5.74, 6) is -1.65. The number of amides is 1. The number of hydrogen-bond acceptors (Lipinski definition) is 4. The molecule has 1 aromatic heterocycles. The first-order chi connectivity index (χ1) is 15.0. The quantitative estimate of drug-likeness (QED) is 0.332. The highest BCUT2D eigenvalue weighted by Gasteiger charge is 2.46. The number of rotatable bonds is 6. The lowest BCUT2D eigenvalue weighted by Crippen LogP contribution is -2.31. The van der Waals surface area contributed by atoms with Crippen molar-refractivity contribution in [3.05, 3.63) is 94.0 Å². The summed E-state index contributed by atoms with van der Waals surface area (Å²) in [4.78, 5) is 31.4. The first-order valence-electron chi connectivity index (χ1n) is 9.72. The van der Waals surface area contributed by atoms with Crippen molar-refractivity contribution in [2.75, 3.05) is 6.54 Å². The molecule has 2 aromatic carbocycles. The first-order valence-corrected chi connectivity index (χ1v) is 10.5. The number of aliphatic hydroxyl groups excluding tert-OH is 1. The monoisotopic (exact) mass is 455 g/mol. The SMILES string of the molecule is O=C1C(=O)N(CCCn2ccnc2)[C@@H](c2ccccc2Cl)C1=C(O)c1ccc(Cl)cc1. The molecular weight excluding hydrogens is 437 g/mol. The van der Waals surface area contributed by atoms with E-state index in [1.165, 1.54) is 4.90 Å². The van der Waals surface area contributed by atoms with E-state index < -0.39 is 17.7 Å². The van der Waals surface area contributed by atoms with Crippen LogP contribution in [0.1, 0.15) is 23.6 Å². The molecule has 0 radical (unpaired) electrons. The predicted octanol–water partition coefficient (Wildman–Crippen LogP) is 4.70. The van der Waals surface area contributed by atoms with Crippen LogP contribution in [0.3, 0.4) is 0 Å². The Kier molecular flexibility index (Phi) is 6.11. The maximum atomic E-state index is 13.0. The zero-order chi connectivity index (χ0) is 22.0. The van der Waals surface area contributed by atoms with Crippen LogP contribution in [0.25, 0.3) is 5.76 Å². The van der Waals surface area contributed by atoms with Crippen molar-refractivity contribution in [1.82, 2.24) is 14.5 Å². The highest BCUT2D eigenvalue weighted by atomic mass is 35.5. The summed E-state index contributed by atoms with van der Waals surface area (Å²) in [5.41, 5.74) is 1.00. The molecule has 1 fully saturated rings. The Balaban J connectivity index is 1.75. The Bertz CT molecular complexity index is 1140. The number of aryl methyl sites for hydroxylation is 1. The molecule has 1 aliphatic heterocycles. The van der Waals surface area contributed by atoms with E-state index in [-0.39, 0.29) is 11.3 Å². The fraction of sp³-hybridized carbons (Fsp3) is 0.174. The molecular formula is C23H19Cl2N3O3. The molecule has 0 aliphatic carbocycles. The summed E-state index contributed by atoms with van der Waals surface area (Å²) in [5, 5.41) is 11.9. The van der Waals surface area contributed by atoms with E-state index in [1.807, 2.05) is 10.8 Å². The third-order valence-corrected chi connectivity index (χ3v) is 5.83. The Labute approximate surface area is 189 Å². The summed E-state index contributed by atoms with van der Waals surface area (Å²) in [7, 11) is 0. The molecule has 8 heteroatoms. The van der Waals surface area contributed by atoms with E-state index >= 15 is 0 Å². The van der Waals surface area contributed by atoms with Gasteiger partial charge in [-0.25, -0.2) is 4.98 Å². The number of benzene rings is 2. The van der Waals surface area contributed by atoms with Crippen molar-refractivity contribution < 1.29 is 14.7 Å². The van der Waals surface area contributed by atoms with Gasteiger partial charge in [0.1, 0.15) is 5.76 Å². The molecule has 1 amide bonds. The van der Waals surface area contributed by atoms with Gasteiger partial charge in [0, 0.05) is 41.1 Å². The van der Waals surface area contributed by atoms with E-state index in [1.54, 1.807) is 61.1 Å². The average Bonchev–Trinajstić information content (AvgIpc) is 3.36. The van der Waals surface area contributed by atoms with Crippen LogP contribution in [-0.4, -0.2) is 37.8 Å². The van der Waals surface area contributed by atoms with Gasteiger partial charge in [-0.15, -0.1) is 0 Å². The maximum absolute atomic E-state index is 13.0. The highest BCUT2D eigenvalue weighted by Crippen LogP contribution is 2.41. The van der Waals surface area contributed by atoms with Gasteiger partial charge in [0.2, 0.25) is 0 Å². The van der Waals surface area contributed by atoms with Gasteiger partial charge in [-0.3, -0.25) is 9.59 Å². The van der Waals surface area contributed by atoms with Gasteiger partial charge >= 0.3 is 0 Å². The van der Waals surface area contributed by atoms with Crippen molar-refractivity contribution in [3.63, 3.8) is 0 Å². The molecule has 3 aromatic rings. The third-order valence-electron chi connectivity index (χ3n) is 5.23.